The first-order valence-electron chi connectivity index (χ1n) is 9.27. The molecule has 3 aromatic rings. The van der Waals surface area contributed by atoms with E-state index in [4.69, 9.17) is 21.2 Å². The molecule has 1 aliphatic rings. The highest BCUT2D eigenvalue weighted by atomic mass is 35.5. The van der Waals surface area contributed by atoms with Crippen LogP contribution >= 0.6 is 11.6 Å². The third-order valence-electron chi connectivity index (χ3n) is 5.41. The van der Waals surface area contributed by atoms with E-state index in [9.17, 15) is 9.90 Å². The van der Waals surface area contributed by atoms with Crippen LogP contribution in [0.4, 0.5) is 0 Å². The first-order valence-corrected chi connectivity index (χ1v) is 9.65. The maximum absolute atomic E-state index is 12.3. The summed E-state index contributed by atoms with van der Waals surface area (Å²) < 4.78 is 7.22. The highest BCUT2D eigenvalue weighted by Crippen LogP contribution is 2.45. The fraction of sp³-hybridized carbons (Fsp3) is 0.400. The van der Waals surface area contributed by atoms with Gasteiger partial charge in [-0.2, -0.15) is 0 Å². The summed E-state index contributed by atoms with van der Waals surface area (Å²) in [5.41, 5.74) is 0.829. The molecule has 7 nitrogen and oxygen atoms in total. The second-order valence-electron chi connectivity index (χ2n) is 7.39. The third-order valence-corrected chi connectivity index (χ3v) is 5.70. The highest BCUT2D eigenvalue weighted by molar-refractivity contribution is 6.36. The Kier molecular flexibility index (Phi) is 4.81. The Balaban J connectivity index is 1.69. The van der Waals surface area contributed by atoms with Gasteiger partial charge in [-0.1, -0.05) is 16.8 Å². The average Bonchev–Trinajstić information content (AvgIpc) is 3.30. The number of halogens is 1. The second-order valence-corrected chi connectivity index (χ2v) is 7.79. The minimum absolute atomic E-state index is 0.126. The van der Waals surface area contributed by atoms with Crippen molar-refractivity contribution in [3.05, 3.63) is 35.1 Å². The van der Waals surface area contributed by atoms with Crippen molar-refractivity contribution in [1.82, 2.24) is 14.6 Å². The van der Waals surface area contributed by atoms with Crippen LogP contribution in [-0.4, -0.2) is 50.9 Å². The molecule has 0 saturated heterocycles. The van der Waals surface area contributed by atoms with Gasteiger partial charge in [-0.05, 0) is 37.8 Å². The van der Waals surface area contributed by atoms with Crippen LogP contribution in [0.25, 0.3) is 22.1 Å². The van der Waals surface area contributed by atoms with Gasteiger partial charge in [0.1, 0.15) is 0 Å². The molecular formula is C20H22ClN3O4. The standard InChI is InChI=1S/C20H22ClN3O4/c1-11(12-3-4-12)24-10-14-7-13(8-15(21)18(14)20(24)27)17-9-16(22-28-17)19(26)23(2)5-6-25/h7-12,25,27H,3-6H2,1-2H3/t11-/m0/s1. The number of aliphatic hydroxyl groups is 1. The van der Waals surface area contributed by atoms with Crippen LogP contribution in [0.2, 0.25) is 5.02 Å². The topological polar surface area (TPSA) is 91.7 Å². The number of carbonyl (C=O) groups excluding carboxylic acids is 1. The Labute approximate surface area is 167 Å². The number of hydrogen-bond acceptors (Lipinski definition) is 5. The third kappa shape index (κ3) is 3.25. The van der Waals surface area contributed by atoms with Crippen molar-refractivity contribution in [3.63, 3.8) is 0 Å². The number of carbonyl (C=O) groups is 1. The van der Waals surface area contributed by atoms with Crippen LogP contribution in [0.5, 0.6) is 5.88 Å². The molecule has 0 bridgehead atoms. The van der Waals surface area contributed by atoms with Gasteiger partial charge in [-0.15, -0.1) is 0 Å². The van der Waals surface area contributed by atoms with Gasteiger partial charge in [-0.25, -0.2) is 0 Å². The summed E-state index contributed by atoms with van der Waals surface area (Å²) >= 11 is 6.45. The Morgan fingerprint density at radius 3 is 2.86 bits per heavy atom. The minimum Gasteiger partial charge on any atom is -0.494 e. The summed E-state index contributed by atoms with van der Waals surface area (Å²) in [6.45, 7) is 2.19. The smallest absolute Gasteiger partial charge is 0.275 e. The Morgan fingerprint density at radius 1 is 1.43 bits per heavy atom. The molecule has 1 saturated carbocycles. The van der Waals surface area contributed by atoms with Gasteiger partial charge in [0.15, 0.2) is 11.5 Å². The Hall–Kier alpha value is -2.51. The van der Waals surface area contributed by atoms with E-state index in [0.717, 1.165) is 5.39 Å². The molecule has 148 valence electrons. The normalized spacial score (nSPS) is 15.1. The number of hydrogen-bond donors (Lipinski definition) is 2. The summed E-state index contributed by atoms with van der Waals surface area (Å²) in [5, 5.41) is 25.3. The van der Waals surface area contributed by atoms with Gasteiger partial charge in [0, 0.05) is 42.8 Å². The largest absolute Gasteiger partial charge is 0.494 e. The summed E-state index contributed by atoms with van der Waals surface area (Å²) in [7, 11) is 1.59. The van der Waals surface area contributed by atoms with E-state index in [-0.39, 0.29) is 36.7 Å². The molecular weight excluding hydrogens is 382 g/mol. The minimum atomic E-state index is -0.335. The number of rotatable bonds is 6. The molecule has 0 aliphatic heterocycles. The van der Waals surface area contributed by atoms with Crippen LogP contribution in [0.3, 0.4) is 0 Å². The van der Waals surface area contributed by atoms with Gasteiger partial charge in [0.25, 0.3) is 5.91 Å². The van der Waals surface area contributed by atoms with E-state index in [1.165, 1.54) is 17.7 Å². The number of fused-ring (bicyclic) bond motifs is 1. The molecule has 0 spiro atoms. The zero-order valence-electron chi connectivity index (χ0n) is 15.7. The summed E-state index contributed by atoms with van der Waals surface area (Å²) in [5.74, 6) is 0.833. The second kappa shape index (κ2) is 7.14. The molecule has 28 heavy (non-hydrogen) atoms. The quantitative estimate of drug-likeness (QED) is 0.654. The SMILES string of the molecule is C[C@@H](C1CC1)n1cc2cc(-c3cc(C(=O)N(C)CCO)no3)cc(Cl)c2c1O. The number of likely N-dealkylation sites (N-methyl/N-ethyl adjacent to an activating group) is 1. The van der Waals surface area contributed by atoms with E-state index in [1.807, 2.05) is 16.8 Å². The summed E-state index contributed by atoms with van der Waals surface area (Å²) in [6, 6.07) is 5.33. The van der Waals surface area contributed by atoms with Gasteiger partial charge < -0.3 is 24.2 Å². The molecule has 0 radical (unpaired) electrons. The lowest BCUT2D eigenvalue weighted by molar-refractivity contribution is 0.0757. The lowest BCUT2D eigenvalue weighted by atomic mass is 10.1. The molecule has 1 fully saturated rings. The first kappa shape index (κ1) is 18.8. The number of aromatic hydroxyl groups is 1. The van der Waals surface area contributed by atoms with Gasteiger partial charge in [0.2, 0.25) is 5.88 Å². The maximum Gasteiger partial charge on any atom is 0.275 e. The predicted octanol–water partition coefficient (Wildman–Crippen LogP) is 3.69. The molecule has 2 aromatic heterocycles. The molecule has 1 aromatic carbocycles. The van der Waals surface area contributed by atoms with E-state index < -0.39 is 0 Å². The lowest BCUT2D eigenvalue weighted by Crippen LogP contribution is -2.29. The van der Waals surface area contributed by atoms with E-state index in [2.05, 4.69) is 12.1 Å². The Morgan fingerprint density at radius 2 is 2.18 bits per heavy atom. The van der Waals surface area contributed by atoms with E-state index in [0.29, 0.717) is 27.7 Å². The summed E-state index contributed by atoms with van der Waals surface area (Å²) in [4.78, 5) is 13.7. The number of aromatic nitrogens is 2. The van der Waals surface area contributed by atoms with Crippen molar-refractivity contribution >= 4 is 28.3 Å². The number of benzene rings is 1. The first-order chi connectivity index (χ1) is 13.4. The van der Waals surface area contributed by atoms with Crippen molar-refractivity contribution < 1.29 is 19.5 Å². The van der Waals surface area contributed by atoms with Crippen LogP contribution < -0.4 is 0 Å². The van der Waals surface area contributed by atoms with Crippen LogP contribution in [0, 0.1) is 5.92 Å². The fourth-order valence-electron chi connectivity index (χ4n) is 3.52. The summed E-state index contributed by atoms with van der Waals surface area (Å²) in [6.07, 6.45) is 4.25. The van der Waals surface area contributed by atoms with E-state index in [1.54, 1.807) is 19.2 Å². The van der Waals surface area contributed by atoms with Crippen LogP contribution in [0.15, 0.2) is 28.9 Å². The van der Waals surface area contributed by atoms with Crippen molar-refractivity contribution in [2.24, 2.45) is 5.92 Å². The molecule has 0 unspecified atom stereocenters. The zero-order chi connectivity index (χ0) is 20.0. The van der Waals surface area contributed by atoms with Gasteiger partial charge in [-0.3, -0.25) is 4.79 Å². The van der Waals surface area contributed by atoms with Crippen molar-refractivity contribution in [2.75, 3.05) is 20.2 Å². The van der Waals surface area contributed by atoms with Crippen molar-refractivity contribution in [3.8, 4) is 17.2 Å². The van der Waals surface area contributed by atoms with E-state index >= 15 is 0 Å². The lowest BCUT2D eigenvalue weighted by Gasteiger charge is -2.13. The van der Waals surface area contributed by atoms with Gasteiger partial charge >= 0.3 is 0 Å². The van der Waals surface area contributed by atoms with Crippen LogP contribution in [0.1, 0.15) is 36.3 Å². The number of aliphatic hydroxyl groups excluding tert-OH is 1. The monoisotopic (exact) mass is 403 g/mol. The molecule has 8 heteroatoms. The molecule has 1 amide bonds. The molecule has 1 aliphatic carbocycles. The maximum atomic E-state index is 12.3. The van der Waals surface area contributed by atoms with Crippen molar-refractivity contribution in [2.45, 2.75) is 25.8 Å². The number of nitrogens with zero attached hydrogens (tertiary/aromatic N) is 3. The predicted molar refractivity (Wildman–Crippen MR) is 106 cm³/mol. The fourth-order valence-corrected chi connectivity index (χ4v) is 3.83. The molecule has 1 atom stereocenters. The zero-order valence-corrected chi connectivity index (χ0v) is 16.5. The molecule has 4 rings (SSSR count). The van der Waals surface area contributed by atoms with Gasteiger partial charge in [0.05, 0.1) is 17.0 Å². The van der Waals surface area contributed by atoms with Crippen LogP contribution in [-0.2, 0) is 0 Å². The molecule has 2 N–H and O–H groups in total. The Bertz CT molecular complexity index is 1040. The average molecular weight is 404 g/mol. The van der Waals surface area contributed by atoms with Crippen molar-refractivity contribution in [1.29, 1.82) is 0 Å². The highest BCUT2D eigenvalue weighted by Gasteiger charge is 2.31. The molecule has 2 heterocycles. The number of amides is 1.